The summed E-state index contributed by atoms with van der Waals surface area (Å²) in [5, 5.41) is 2.13. The molecule has 2 N–H and O–H groups in total. The molecule has 20 heavy (non-hydrogen) atoms. The van der Waals surface area contributed by atoms with Crippen LogP contribution in [0.15, 0.2) is 41.8 Å². The summed E-state index contributed by atoms with van der Waals surface area (Å²) in [6.07, 6.45) is 0. The Kier molecular flexibility index (Phi) is 3.68. The first-order valence-electron chi connectivity index (χ1n) is 7.04. The fourth-order valence-electron chi connectivity index (χ4n) is 2.97. The lowest BCUT2D eigenvalue weighted by molar-refractivity contribution is 0.529. The number of anilines is 2. The van der Waals surface area contributed by atoms with Crippen LogP contribution in [0.5, 0.6) is 0 Å². The van der Waals surface area contributed by atoms with Gasteiger partial charge in [0.05, 0.1) is 17.4 Å². The van der Waals surface area contributed by atoms with Crippen LogP contribution < -0.4 is 15.5 Å². The van der Waals surface area contributed by atoms with Crippen molar-refractivity contribution in [3.63, 3.8) is 0 Å². The smallest absolute Gasteiger partial charge is 0.0784 e. The Hall–Kier alpha value is -1.52. The van der Waals surface area contributed by atoms with Crippen molar-refractivity contribution in [1.29, 1.82) is 0 Å². The molecule has 1 aromatic heterocycles. The van der Waals surface area contributed by atoms with E-state index in [1.54, 1.807) is 11.3 Å². The number of nitrogens with two attached hydrogens (primary N) is 1. The van der Waals surface area contributed by atoms with Crippen LogP contribution in [0, 0.1) is 0 Å². The first-order chi connectivity index (χ1) is 9.68. The van der Waals surface area contributed by atoms with Gasteiger partial charge in [-0.3, -0.25) is 0 Å². The Morgan fingerprint density at radius 1 is 1.10 bits per heavy atom. The summed E-state index contributed by atoms with van der Waals surface area (Å²) in [6.45, 7) is 4.15. The molecule has 0 saturated carbocycles. The topological polar surface area (TPSA) is 32.5 Å². The summed E-state index contributed by atoms with van der Waals surface area (Å²) in [6, 6.07) is 13.3. The summed E-state index contributed by atoms with van der Waals surface area (Å²) in [5.74, 6) is 0. The molecule has 106 valence electrons. The van der Waals surface area contributed by atoms with Gasteiger partial charge in [-0.05, 0) is 30.5 Å². The first-order valence-corrected chi connectivity index (χ1v) is 7.92. The molecular weight excluding hydrogens is 266 g/mol. The van der Waals surface area contributed by atoms with Gasteiger partial charge in [0.15, 0.2) is 0 Å². The van der Waals surface area contributed by atoms with E-state index < -0.39 is 0 Å². The zero-order valence-corrected chi connectivity index (χ0v) is 12.8. The summed E-state index contributed by atoms with van der Waals surface area (Å²) in [4.78, 5) is 6.13. The van der Waals surface area contributed by atoms with Crippen LogP contribution in [-0.4, -0.2) is 26.2 Å². The van der Waals surface area contributed by atoms with Gasteiger partial charge < -0.3 is 15.5 Å². The largest absolute Gasteiger partial charge is 0.371 e. The van der Waals surface area contributed by atoms with Gasteiger partial charge in [-0.2, -0.15) is 0 Å². The average molecular weight is 287 g/mol. The molecule has 3 nitrogen and oxygen atoms in total. The van der Waals surface area contributed by atoms with Crippen LogP contribution in [-0.2, 0) is 0 Å². The molecule has 2 atom stereocenters. The third kappa shape index (κ3) is 2.30. The van der Waals surface area contributed by atoms with Gasteiger partial charge in [-0.15, -0.1) is 11.3 Å². The number of benzene rings is 1. The number of para-hydroxylation sites is 2. The fraction of sp³-hybridized carbons (Fsp3) is 0.375. The first kappa shape index (κ1) is 13.5. The highest BCUT2D eigenvalue weighted by Crippen LogP contribution is 2.39. The van der Waals surface area contributed by atoms with E-state index in [9.17, 15) is 0 Å². The third-order valence-electron chi connectivity index (χ3n) is 3.95. The zero-order chi connectivity index (χ0) is 14.1. The van der Waals surface area contributed by atoms with Gasteiger partial charge in [0.2, 0.25) is 0 Å². The summed E-state index contributed by atoms with van der Waals surface area (Å²) < 4.78 is 0. The maximum Gasteiger partial charge on any atom is 0.0784 e. The molecular formula is C16H21N3S. The minimum Gasteiger partial charge on any atom is -0.371 e. The Morgan fingerprint density at radius 2 is 1.85 bits per heavy atom. The van der Waals surface area contributed by atoms with Crippen molar-refractivity contribution in [2.75, 3.05) is 29.9 Å². The molecule has 1 aliphatic heterocycles. The van der Waals surface area contributed by atoms with E-state index >= 15 is 0 Å². The summed E-state index contributed by atoms with van der Waals surface area (Å²) >= 11 is 1.79. The number of hydrogen-bond acceptors (Lipinski definition) is 4. The second-order valence-corrected chi connectivity index (χ2v) is 6.40. The van der Waals surface area contributed by atoms with Crippen molar-refractivity contribution < 1.29 is 0 Å². The molecule has 0 amide bonds. The molecule has 2 unspecified atom stereocenters. The number of fused-ring (bicyclic) bond motifs is 1. The Labute approximate surface area is 124 Å². The molecule has 0 radical (unpaired) electrons. The van der Waals surface area contributed by atoms with Crippen LogP contribution in [0.2, 0.25) is 0 Å². The maximum atomic E-state index is 6.30. The molecule has 1 aromatic carbocycles. The van der Waals surface area contributed by atoms with Crippen LogP contribution >= 0.6 is 11.3 Å². The van der Waals surface area contributed by atoms with Crippen LogP contribution in [0.4, 0.5) is 11.4 Å². The van der Waals surface area contributed by atoms with E-state index in [1.807, 2.05) is 0 Å². The van der Waals surface area contributed by atoms with Gasteiger partial charge in [0.25, 0.3) is 0 Å². The highest BCUT2D eigenvalue weighted by Gasteiger charge is 2.30. The number of hydrogen-bond donors (Lipinski definition) is 1. The highest BCUT2D eigenvalue weighted by molar-refractivity contribution is 7.10. The molecule has 0 fully saturated rings. The SMILES string of the molecule is CC(N)C(c1cccs1)N1CCN(C)c2ccccc21. The number of thiophene rings is 1. The van der Waals surface area contributed by atoms with Crippen molar-refractivity contribution in [3.05, 3.63) is 46.7 Å². The van der Waals surface area contributed by atoms with Gasteiger partial charge in [0.1, 0.15) is 0 Å². The summed E-state index contributed by atoms with van der Waals surface area (Å²) in [7, 11) is 2.15. The van der Waals surface area contributed by atoms with Crippen molar-refractivity contribution in [2.24, 2.45) is 5.73 Å². The molecule has 1 aliphatic rings. The Morgan fingerprint density at radius 3 is 2.50 bits per heavy atom. The van der Waals surface area contributed by atoms with Gasteiger partial charge in [-0.1, -0.05) is 18.2 Å². The number of nitrogens with zero attached hydrogens (tertiary/aromatic N) is 2. The van der Waals surface area contributed by atoms with Gasteiger partial charge in [-0.25, -0.2) is 0 Å². The Balaban J connectivity index is 2.03. The highest BCUT2D eigenvalue weighted by atomic mass is 32.1. The fourth-order valence-corrected chi connectivity index (χ4v) is 3.93. The van der Waals surface area contributed by atoms with E-state index in [-0.39, 0.29) is 12.1 Å². The quantitative estimate of drug-likeness (QED) is 0.941. The van der Waals surface area contributed by atoms with Crippen LogP contribution in [0.25, 0.3) is 0 Å². The van der Waals surface area contributed by atoms with E-state index in [1.165, 1.54) is 16.3 Å². The molecule has 3 rings (SSSR count). The van der Waals surface area contributed by atoms with Crippen molar-refractivity contribution >= 4 is 22.7 Å². The maximum absolute atomic E-state index is 6.30. The monoisotopic (exact) mass is 287 g/mol. The van der Waals surface area contributed by atoms with Gasteiger partial charge >= 0.3 is 0 Å². The van der Waals surface area contributed by atoms with Crippen molar-refractivity contribution in [1.82, 2.24) is 0 Å². The predicted octanol–water partition coefficient (Wildman–Crippen LogP) is 3.09. The minimum atomic E-state index is 0.102. The lowest BCUT2D eigenvalue weighted by atomic mass is 10.0. The molecule has 2 heterocycles. The predicted molar refractivity (Wildman–Crippen MR) is 87.8 cm³/mol. The van der Waals surface area contributed by atoms with E-state index in [0.717, 1.165) is 13.1 Å². The lowest BCUT2D eigenvalue weighted by Gasteiger charge is -2.42. The second kappa shape index (κ2) is 5.46. The molecule has 0 saturated heterocycles. The Bertz CT molecular complexity index is 565. The number of likely N-dealkylation sites (N-methyl/N-ethyl adjacent to an activating group) is 1. The molecule has 0 aliphatic carbocycles. The van der Waals surface area contributed by atoms with Crippen LogP contribution in [0.3, 0.4) is 0 Å². The van der Waals surface area contributed by atoms with E-state index in [4.69, 9.17) is 5.73 Å². The standard InChI is InChI=1S/C16H21N3S/c1-12(17)16(15-8-5-11-20-15)19-10-9-18(2)13-6-3-4-7-14(13)19/h3-8,11-12,16H,9-10,17H2,1-2H3. The zero-order valence-electron chi connectivity index (χ0n) is 12.0. The average Bonchev–Trinajstić information content (AvgIpc) is 2.95. The molecule has 4 heteroatoms. The van der Waals surface area contributed by atoms with Crippen LogP contribution in [0.1, 0.15) is 17.8 Å². The number of rotatable bonds is 3. The van der Waals surface area contributed by atoms with Crippen molar-refractivity contribution in [3.8, 4) is 0 Å². The second-order valence-electron chi connectivity index (χ2n) is 5.42. The lowest BCUT2D eigenvalue weighted by Crippen LogP contribution is -2.46. The minimum absolute atomic E-state index is 0.102. The van der Waals surface area contributed by atoms with Crippen molar-refractivity contribution in [2.45, 2.75) is 19.0 Å². The molecule has 0 bridgehead atoms. The van der Waals surface area contributed by atoms with Gasteiger partial charge in [0, 0.05) is 31.1 Å². The third-order valence-corrected chi connectivity index (χ3v) is 4.89. The van der Waals surface area contributed by atoms with E-state index in [0.29, 0.717) is 0 Å². The molecule has 2 aromatic rings. The van der Waals surface area contributed by atoms with E-state index in [2.05, 4.69) is 65.5 Å². The summed E-state index contributed by atoms with van der Waals surface area (Å²) in [5.41, 5.74) is 8.88. The normalized spacial score (nSPS) is 17.8. The molecule has 0 spiro atoms.